The van der Waals surface area contributed by atoms with Gasteiger partial charge in [0.25, 0.3) is 0 Å². The third-order valence-corrected chi connectivity index (χ3v) is 2.53. The van der Waals surface area contributed by atoms with Gasteiger partial charge in [-0.05, 0) is 25.1 Å². The first-order chi connectivity index (χ1) is 8.41. The highest BCUT2D eigenvalue weighted by Crippen LogP contribution is 2.24. The number of rotatable bonds is 5. The first-order valence-electron chi connectivity index (χ1n) is 5.79. The van der Waals surface area contributed by atoms with Gasteiger partial charge in [0.1, 0.15) is 11.6 Å². The number of amides is 1. The second-order valence-corrected chi connectivity index (χ2v) is 4.36. The molecular weight excluding hydrogens is 235 g/mol. The van der Waals surface area contributed by atoms with Crippen LogP contribution in [-0.4, -0.2) is 31.5 Å². The van der Waals surface area contributed by atoms with Crippen molar-refractivity contribution in [3.63, 3.8) is 0 Å². The lowest BCUT2D eigenvalue weighted by Crippen LogP contribution is -2.23. The molecule has 1 rings (SSSR count). The van der Waals surface area contributed by atoms with Crippen molar-refractivity contribution in [3.05, 3.63) is 29.6 Å². The summed E-state index contributed by atoms with van der Waals surface area (Å²) in [6, 6.07) is 3.89. The van der Waals surface area contributed by atoms with Crippen molar-refractivity contribution in [2.24, 2.45) is 5.73 Å². The van der Waals surface area contributed by atoms with E-state index in [1.165, 1.54) is 23.1 Å². The zero-order valence-electron chi connectivity index (χ0n) is 10.9. The molecule has 5 heteroatoms. The molecule has 0 heterocycles. The Balaban J connectivity index is 2.65. The third-order valence-electron chi connectivity index (χ3n) is 2.53. The Kier molecular flexibility index (Phi) is 5.09. The van der Waals surface area contributed by atoms with Crippen LogP contribution in [0.5, 0.6) is 5.75 Å². The van der Waals surface area contributed by atoms with E-state index in [0.717, 1.165) is 0 Å². The first kappa shape index (κ1) is 14.4. The molecular formula is C13H19FN2O2. The molecule has 100 valence electrons. The Morgan fingerprint density at radius 2 is 2.17 bits per heavy atom. The van der Waals surface area contributed by atoms with Crippen molar-refractivity contribution >= 4 is 5.91 Å². The molecule has 0 saturated heterocycles. The monoisotopic (exact) mass is 254 g/mol. The molecule has 0 aliphatic carbocycles. The molecule has 0 spiro atoms. The van der Waals surface area contributed by atoms with Crippen molar-refractivity contribution in [2.45, 2.75) is 19.4 Å². The first-order valence-corrected chi connectivity index (χ1v) is 5.79. The summed E-state index contributed by atoms with van der Waals surface area (Å²) in [5, 5.41) is 0. The van der Waals surface area contributed by atoms with Gasteiger partial charge in [-0.2, -0.15) is 0 Å². The van der Waals surface area contributed by atoms with E-state index < -0.39 is 0 Å². The minimum Gasteiger partial charge on any atom is -0.493 e. The van der Waals surface area contributed by atoms with E-state index in [2.05, 4.69) is 0 Å². The fourth-order valence-electron chi connectivity index (χ4n) is 1.48. The van der Waals surface area contributed by atoms with E-state index in [1.807, 2.05) is 0 Å². The smallest absolute Gasteiger partial charge is 0.225 e. The van der Waals surface area contributed by atoms with Gasteiger partial charge in [0.2, 0.25) is 5.91 Å². The number of carbonyl (C=O) groups is 1. The molecule has 18 heavy (non-hydrogen) atoms. The summed E-state index contributed by atoms with van der Waals surface area (Å²) in [5.74, 6) is 0.163. The Morgan fingerprint density at radius 3 is 2.72 bits per heavy atom. The summed E-state index contributed by atoms with van der Waals surface area (Å²) in [4.78, 5) is 12.9. The molecule has 1 unspecified atom stereocenters. The van der Waals surface area contributed by atoms with E-state index >= 15 is 0 Å². The maximum Gasteiger partial charge on any atom is 0.225 e. The average Bonchev–Trinajstić information content (AvgIpc) is 2.30. The highest BCUT2D eigenvalue weighted by Gasteiger charge is 2.10. The molecule has 0 saturated carbocycles. The molecule has 0 aromatic heterocycles. The van der Waals surface area contributed by atoms with Crippen molar-refractivity contribution < 1.29 is 13.9 Å². The van der Waals surface area contributed by atoms with Gasteiger partial charge in [-0.15, -0.1) is 0 Å². The topological polar surface area (TPSA) is 55.6 Å². The highest BCUT2D eigenvalue weighted by molar-refractivity contribution is 5.75. The van der Waals surface area contributed by atoms with E-state index in [-0.39, 0.29) is 30.8 Å². The predicted molar refractivity (Wildman–Crippen MR) is 67.8 cm³/mol. The van der Waals surface area contributed by atoms with Gasteiger partial charge >= 0.3 is 0 Å². The van der Waals surface area contributed by atoms with Crippen LogP contribution in [0.15, 0.2) is 18.2 Å². The number of halogens is 1. The molecule has 0 aliphatic heterocycles. The summed E-state index contributed by atoms with van der Waals surface area (Å²) in [6.07, 6.45) is 0.281. The largest absolute Gasteiger partial charge is 0.493 e. The summed E-state index contributed by atoms with van der Waals surface area (Å²) in [7, 11) is 3.38. The van der Waals surface area contributed by atoms with E-state index in [0.29, 0.717) is 11.3 Å². The van der Waals surface area contributed by atoms with Gasteiger partial charge in [0.15, 0.2) is 0 Å². The Morgan fingerprint density at radius 1 is 1.50 bits per heavy atom. The normalized spacial score (nSPS) is 12.1. The van der Waals surface area contributed by atoms with Crippen molar-refractivity contribution in [1.29, 1.82) is 0 Å². The second kappa shape index (κ2) is 6.35. The molecule has 0 radical (unpaired) electrons. The van der Waals surface area contributed by atoms with E-state index in [4.69, 9.17) is 10.5 Å². The number of carbonyl (C=O) groups excluding carboxylic acids is 1. The van der Waals surface area contributed by atoms with Crippen LogP contribution in [0.2, 0.25) is 0 Å². The third kappa shape index (κ3) is 4.00. The quantitative estimate of drug-likeness (QED) is 0.870. The van der Waals surface area contributed by atoms with Crippen LogP contribution < -0.4 is 10.5 Å². The standard InChI is InChI=1S/C13H19FN2O2/c1-9(15)11-8-10(14)4-5-12(11)18-7-6-13(17)16(2)3/h4-5,8-9H,6-7,15H2,1-3H3. The van der Waals surface area contributed by atoms with Gasteiger partial charge in [-0.1, -0.05) is 0 Å². The minimum absolute atomic E-state index is 0.0144. The van der Waals surface area contributed by atoms with E-state index in [9.17, 15) is 9.18 Å². The van der Waals surface area contributed by atoms with Crippen LogP contribution in [0.4, 0.5) is 4.39 Å². The van der Waals surface area contributed by atoms with Gasteiger partial charge in [0, 0.05) is 25.7 Å². The molecule has 0 fully saturated rings. The predicted octanol–water partition coefficient (Wildman–Crippen LogP) is 1.70. The summed E-state index contributed by atoms with van der Waals surface area (Å²) in [6.45, 7) is 2.01. The van der Waals surface area contributed by atoms with Crippen LogP contribution in [0.1, 0.15) is 24.9 Å². The lowest BCUT2D eigenvalue weighted by Gasteiger charge is -2.15. The SMILES string of the molecule is CC(N)c1cc(F)ccc1OCCC(=O)N(C)C. The Bertz CT molecular complexity index is 419. The molecule has 1 atom stereocenters. The van der Waals surface area contributed by atoms with Crippen molar-refractivity contribution in [3.8, 4) is 5.75 Å². The lowest BCUT2D eigenvalue weighted by molar-refractivity contribution is -0.129. The van der Waals surface area contributed by atoms with Gasteiger partial charge < -0.3 is 15.4 Å². The molecule has 1 amide bonds. The number of hydrogen-bond donors (Lipinski definition) is 1. The Hall–Kier alpha value is -1.62. The van der Waals surface area contributed by atoms with Crippen LogP contribution in [0, 0.1) is 5.82 Å². The molecule has 1 aromatic carbocycles. The Labute approximate surface area is 107 Å². The van der Waals surface area contributed by atoms with Crippen LogP contribution in [0.25, 0.3) is 0 Å². The molecule has 0 bridgehead atoms. The van der Waals surface area contributed by atoms with Crippen LogP contribution in [0.3, 0.4) is 0 Å². The van der Waals surface area contributed by atoms with E-state index in [1.54, 1.807) is 21.0 Å². The average molecular weight is 254 g/mol. The fourth-order valence-corrected chi connectivity index (χ4v) is 1.48. The maximum atomic E-state index is 13.1. The molecule has 1 aromatic rings. The summed E-state index contributed by atoms with van der Waals surface area (Å²) >= 11 is 0. The van der Waals surface area contributed by atoms with Gasteiger partial charge in [-0.3, -0.25) is 4.79 Å². The number of nitrogens with two attached hydrogens (primary N) is 1. The minimum atomic E-state index is -0.348. The summed E-state index contributed by atoms with van der Waals surface area (Å²) < 4.78 is 18.6. The van der Waals surface area contributed by atoms with Crippen molar-refractivity contribution in [2.75, 3.05) is 20.7 Å². The van der Waals surface area contributed by atoms with Crippen LogP contribution in [-0.2, 0) is 4.79 Å². The van der Waals surface area contributed by atoms with Gasteiger partial charge in [-0.25, -0.2) is 4.39 Å². The number of nitrogens with zero attached hydrogens (tertiary/aromatic N) is 1. The number of hydrogen-bond acceptors (Lipinski definition) is 3. The van der Waals surface area contributed by atoms with Crippen molar-refractivity contribution in [1.82, 2.24) is 4.90 Å². The molecule has 2 N–H and O–H groups in total. The zero-order valence-corrected chi connectivity index (χ0v) is 10.9. The second-order valence-electron chi connectivity index (χ2n) is 4.36. The highest BCUT2D eigenvalue weighted by atomic mass is 19.1. The zero-order chi connectivity index (χ0) is 13.7. The summed E-state index contributed by atoms with van der Waals surface area (Å²) in [5.41, 5.74) is 6.35. The van der Waals surface area contributed by atoms with Gasteiger partial charge in [0.05, 0.1) is 13.0 Å². The van der Waals surface area contributed by atoms with Crippen LogP contribution >= 0.6 is 0 Å². The maximum absolute atomic E-state index is 13.1. The molecule has 0 aliphatic rings. The lowest BCUT2D eigenvalue weighted by atomic mass is 10.1. The molecule has 4 nitrogen and oxygen atoms in total. The number of ether oxygens (including phenoxy) is 1. The fraction of sp³-hybridized carbons (Fsp3) is 0.462. The number of benzene rings is 1.